The number of hydrogen-bond acceptors (Lipinski definition) is 4. The molecule has 2 rings (SSSR count). The number of rotatable bonds is 2. The van der Waals surface area contributed by atoms with Gasteiger partial charge in [0.2, 0.25) is 5.95 Å². The van der Waals surface area contributed by atoms with E-state index in [0.717, 1.165) is 6.33 Å². The van der Waals surface area contributed by atoms with Gasteiger partial charge in [-0.05, 0) is 12.1 Å². The first-order valence-corrected chi connectivity index (χ1v) is 4.93. The highest BCUT2D eigenvalue weighted by Crippen LogP contribution is 2.24. The van der Waals surface area contributed by atoms with Crippen LogP contribution in [0, 0.1) is 17.3 Å². The average Bonchev–Trinajstić information content (AvgIpc) is 2.38. The van der Waals surface area contributed by atoms with Crippen molar-refractivity contribution >= 4 is 11.5 Å². The summed E-state index contributed by atoms with van der Waals surface area (Å²) in [4.78, 5) is 8.99. The summed E-state index contributed by atoms with van der Waals surface area (Å²) in [7, 11) is 1.72. The molecule has 0 saturated heterocycles. The molecule has 1 aromatic carbocycles. The molecule has 0 bridgehead atoms. The normalized spacial score (nSPS) is 9.71. The Kier molecular flexibility index (Phi) is 2.97. The third kappa shape index (κ3) is 2.21. The van der Waals surface area contributed by atoms with Gasteiger partial charge >= 0.3 is 0 Å². The predicted octanol–water partition coefficient (Wildman–Crippen LogP) is 2.26. The van der Waals surface area contributed by atoms with E-state index in [1.165, 1.54) is 6.07 Å². The van der Waals surface area contributed by atoms with Crippen molar-refractivity contribution in [3.8, 4) is 6.07 Å². The van der Waals surface area contributed by atoms with Crippen LogP contribution < -0.4 is 4.90 Å². The molecular formula is C12H9FN4. The molecule has 0 saturated carbocycles. The van der Waals surface area contributed by atoms with Crippen molar-refractivity contribution < 1.29 is 4.39 Å². The molecule has 0 radical (unpaired) electrons. The molecule has 0 unspecified atom stereocenters. The molecule has 0 N–H and O–H groups in total. The number of benzene rings is 1. The van der Waals surface area contributed by atoms with Crippen LogP contribution in [0.15, 0.2) is 36.7 Å². The molecule has 2 aromatic rings. The molecule has 0 aliphatic rings. The molecule has 0 aliphatic carbocycles. The molecule has 17 heavy (non-hydrogen) atoms. The molecule has 0 fully saturated rings. The van der Waals surface area contributed by atoms with Crippen LogP contribution in [0.5, 0.6) is 0 Å². The van der Waals surface area contributed by atoms with Crippen LogP contribution in [0.25, 0.3) is 0 Å². The molecule has 1 aromatic heterocycles. The van der Waals surface area contributed by atoms with Crippen LogP contribution >= 0.6 is 0 Å². The molecule has 84 valence electrons. The Morgan fingerprint density at radius 1 is 1.29 bits per heavy atom. The molecule has 0 amide bonds. The van der Waals surface area contributed by atoms with E-state index in [4.69, 9.17) is 5.26 Å². The third-order valence-corrected chi connectivity index (χ3v) is 2.35. The minimum absolute atomic E-state index is 0.403. The van der Waals surface area contributed by atoms with E-state index in [9.17, 15) is 4.39 Å². The quantitative estimate of drug-likeness (QED) is 0.740. The van der Waals surface area contributed by atoms with Crippen LogP contribution in [0.4, 0.5) is 15.9 Å². The summed E-state index contributed by atoms with van der Waals surface area (Å²) < 4.78 is 13.0. The van der Waals surface area contributed by atoms with E-state index in [0.29, 0.717) is 17.1 Å². The van der Waals surface area contributed by atoms with Crippen molar-refractivity contribution in [1.29, 1.82) is 5.26 Å². The minimum Gasteiger partial charge on any atom is -0.328 e. The summed E-state index contributed by atoms with van der Waals surface area (Å²) in [5.41, 5.74) is 1.18. The minimum atomic E-state index is -0.601. The Labute approximate surface area is 98.0 Å². The number of nitriles is 1. The lowest BCUT2D eigenvalue weighted by Crippen LogP contribution is -2.13. The van der Waals surface area contributed by atoms with Gasteiger partial charge in [-0.3, -0.25) is 0 Å². The Bertz CT molecular complexity index is 577. The van der Waals surface area contributed by atoms with Gasteiger partial charge in [-0.25, -0.2) is 9.97 Å². The molecule has 0 atom stereocenters. The SMILES string of the molecule is CN(c1cc(F)ncn1)c1ccccc1C#N. The largest absolute Gasteiger partial charge is 0.328 e. The number of anilines is 2. The second kappa shape index (κ2) is 4.58. The Hall–Kier alpha value is -2.48. The monoisotopic (exact) mass is 228 g/mol. The van der Waals surface area contributed by atoms with Gasteiger partial charge in [0, 0.05) is 13.1 Å². The van der Waals surface area contributed by atoms with Gasteiger partial charge in [-0.15, -0.1) is 0 Å². The van der Waals surface area contributed by atoms with Crippen molar-refractivity contribution in [2.75, 3.05) is 11.9 Å². The number of nitrogens with zero attached hydrogens (tertiary/aromatic N) is 4. The zero-order valence-electron chi connectivity index (χ0n) is 9.13. The zero-order valence-corrected chi connectivity index (χ0v) is 9.13. The molecule has 0 spiro atoms. The fourth-order valence-electron chi connectivity index (χ4n) is 1.49. The maximum Gasteiger partial charge on any atom is 0.218 e. The van der Waals surface area contributed by atoms with E-state index >= 15 is 0 Å². The lowest BCUT2D eigenvalue weighted by atomic mass is 10.2. The van der Waals surface area contributed by atoms with Crippen molar-refractivity contribution in [2.24, 2.45) is 0 Å². The second-order valence-electron chi connectivity index (χ2n) is 3.39. The van der Waals surface area contributed by atoms with Gasteiger partial charge < -0.3 is 4.90 Å². The standard InChI is InChI=1S/C12H9FN4/c1-17(12-6-11(13)15-8-16-12)10-5-3-2-4-9(10)7-14/h2-6,8H,1H3. The summed E-state index contributed by atoms with van der Waals surface area (Å²) in [6.07, 6.45) is 1.15. The highest BCUT2D eigenvalue weighted by Gasteiger charge is 2.10. The van der Waals surface area contributed by atoms with Gasteiger partial charge in [0.05, 0.1) is 11.3 Å². The summed E-state index contributed by atoms with van der Waals surface area (Å²) in [6.45, 7) is 0. The highest BCUT2D eigenvalue weighted by atomic mass is 19.1. The number of aromatic nitrogens is 2. The topological polar surface area (TPSA) is 52.8 Å². The summed E-state index contributed by atoms with van der Waals surface area (Å²) in [5, 5.41) is 8.99. The van der Waals surface area contributed by atoms with E-state index in [1.807, 2.05) is 6.07 Å². The van der Waals surface area contributed by atoms with Gasteiger partial charge in [0.1, 0.15) is 18.2 Å². The molecule has 5 heteroatoms. The van der Waals surface area contributed by atoms with Crippen LogP contribution in [-0.4, -0.2) is 17.0 Å². The predicted molar refractivity (Wildman–Crippen MR) is 61.2 cm³/mol. The second-order valence-corrected chi connectivity index (χ2v) is 3.39. The van der Waals surface area contributed by atoms with Crippen molar-refractivity contribution in [1.82, 2.24) is 9.97 Å². The highest BCUT2D eigenvalue weighted by molar-refractivity contribution is 5.66. The molecular weight excluding hydrogens is 219 g/mol. The maximum absolute atomic E-state index is 13.0. The lowest BCUT2D eigenvalue weighted by molar-refractivity contribution is 0.579. The van der Waals surface area contributed by atoms with Crippen molar-refractivity contribution in [2.45, 2.75) is 0 Å². The first kappa shape index (κ1) is 11.0. The van der Waals surface area contributed by atoms with Crippen LogP contribution in [0.1, 0.15) is 5.56 Å². The summed E-state index contributed by atoms with van der Waals surface area (Å²) >= 11 is 0. The van der Waals surface area contributed by atoms with E-state index in [2.05, 4.69) is 16.0 Å². The Morgan fingerprint density at radius 2 is 2.06 bits per heavy atom. The van der Waals surface area contributed by atoms with E-state index in [-0.39, 0.29) is 0 Å². The lowest BCUT2D eigenvalue weighted by Gasteiger charge is -2.18. The van der Waals surface area contributed by atoms with Crippen LogP contribution in [0.3, 0.4) is 0 Å². The molecule has 4 nitrogen and oxygen atoms in total. The molecule has 1 heterocycles. The third-order valence-electron chi connectivity index (χ3n) is 2.35. The van der Waals surface area contributed by atoms with E-state index < -0.39 is 5.95 Å². The fraction of sp³-hybridized carbons (Fsp3) is 0.0833. The first-order valence-electron chi connectivity index (χ1n) is 4.93. The van der Waals surface area contributed by atoms with Crippen molar-refractivity contribution in [3.63, 3.8) is 0 Å². The smallest absolute Gasteiger partial charge is 0.218 e. The van der Waals surface area contributed by atoms with Crippen LogP contribution in [0.2, 0.25) is 0 Å². The number of halogens is 1. The Morgan fingerprint density at radius 3 is 2.76 bits per heavy atom. The zero-order chi connectivity index (χ0) is 12.3. The number of para-hydroxylation sites is 1. The number of hydrogen-bond donors (Lipinski definition) is 0. The Balaban J connectivity index is 2.44. The van der Waals surface area contributed by atoms with Gasteiger partial charge in [0.15, 0.2) is 0 Å². The van der Waals surface area contributed by atoms with Crippen LogP contribution in [-0.2, 0) is 0 Å². The summed E-state index contributed by atoms with van der Waals surface area (Å²) in [6, 6.07) is 10.4. The summed E-state index contributed by atoms with van der Waals surface area (Å²) in [5.74, 6) is -0.198. The molecule has 0 aliphatic heterocycles. The van der Waals surface area contributed by atoms with Crippen molar-refractivity contribution in [3.05, 3.63) is 48.2 Å². The van der Waals surface area contributed by atoms with Gasteiger partial charge in [-0.1, -0.05) is 12.1 Å². The first-order chi connectivity index (χ1) is 8.22. The average molecular weight is 228 g/mol. The van der Waals surface area contributed by atoms with Gasteiger partial charge in [0.25, 0.3) is 0 Å². The van der Waals surface area contributed by atoms with Gasteiger partial charge in [-0.2, -0.15) is 9.65 Å². The maximum atomic E-state index is 13.0. The van der Waals surface area contributed by atoms with E-state index in [1.54, 1.807) is 30.1 Å². The fourth-order valence-corrected chi connectivity index (χ4v) is 1.49.